The summed E-state index contributed by atoms with van der Waals surface area (Å²) in [7, 11) is 0. The van der Waals surface area contributed by atoms with Crippen molar-refractivity contribution in [2.75, 3.05) is 11.4 Å². The Balaban J connectivity index is 1.54. The fourth-order valence-electron chi connectivity index (χ4n) is 5.14. The van der Waals surface area contributed by atoms with E-state index in [1.807, 2.05) is 4.90 Å². The monoisotopic (exact) mass is 396 g/mol. The second kappa shape index (κ2) is 6.56. The molecule has 2 aromatic rings. The van der Waals surface area contributed by atoms with E-state index in [1.165, 1.54) is 48.5 Å². The summed E-state index contributed by atoms with van der Waals surface area (Å²) in [5, 5.41) is 0. The lowest BCUT2D eigenvalue weighted by atomic mass is 9.85. The Bertz CT molecular complexity index is 1010. The number of carbonyl (C=O) groups is 3. The van der Waals surface area contributed by atoms with Crippen molar-refractivity contribution in [1.29, 1.82) is 0 Å². The first-order valence-corrected chi connectivity index (χ1v) is 9.66. The van der Waals surface area contributed by atoms with Gasteiger partial charge in [-0.05, 0) is 67.9 Å². The second-order valence-electron chi connectivity index (χ2n) is 7.80. The molecular weight excluding hydrogens is 378 g/mol. The van der Waals surface area contributed by atoms with Gasteiger partial charge < -0.3 is 0 Å². The molecule has 0 unspecified atom stereocenters. The van der Waals surface area contributed by atoms with Gasteiger partial charge in [0.15, 0.2) is 5.78 Å². The molecule has 2 aromatic carbocycles. The van der Waals surface area contributed by atoms with Crippen LogP contribution in [-0.4, -0.2) is 41.1 Å². The molecule has 0 bridgehead atoms. The summed E-state index contributed by atoms with van der Waals surface area (Å²) < 4.78 is 26.6. The first-order valence-electron chi connectivity index (χ1n) is 9.66. The van der Waals surface area contributed by atoms with Crippen LogP contribution in [0, 0.1) is 23.5 Å². The Morgan fingerprint density at radius 1 is 0.862 bits per heavy atom. The van der Waals surface area contributed by atoms with Crippen LogP contribution < -0.4 is 4.90 Å². The van der Waals surface area contributed by atoms with Crippen LogP contribution in [0.25, 0.3) is 0 Å². The number of imide groups is 1. The molecule has 5 rings (SSSR count). The van der Waals surface area contributed by atoms with E-state index >= 15 is 0 Å². The van der Waals surface area contributed by atoms with Crippen molar-refractivity contribution in [3.8, 4) is 0 Å². The van der Waals surface area contributed by atoms with Crippen LogP contribution in [0.3, 0.4) is 0 Å². The van der Waals surface area contributed by atoms with Gasteiger partial charge in [-0.15, -0.1) is 0 Å². The molecule has 2 amide bonds. The van der Waals surface area contributed by atoms with Gasteiger partial charge in [-0.25, -0.2) is 13.7 Å². The van der Waals surface area contributed by atoms with Gasteiger partial charge in [0.05, 0.1) is 23.6 Å². The van der Waals surface area contributed by atoms with Gasteiger partial charge in [-0.3, -0.25) is 19.3 Å². The normalized spacial score (nSPS) is 28.7. The molecular formula is C22H18F2N2O3. The number of amides is 2. The maximum atomic E-state index is 13.3. The van der Waals surface area contributed by atoms with Gasteiger partial charge in [0.2, 0.25) is 11.8 Å². The maximum Gasteiger partial charge on any atom is 0.239 e. The minimum Gasteiger partial charge on any atom is -0.292 e. The third-order valence-corrected chi connectivity index (χ3v) is 6.33. The van der Waals surface area contributed by atoms with Crippen LogP contribution >= 0.6 is 0 Å². The van der Waals surface area contributed by atoms with Gasteiger partial charge in [-0.2, -0.15) is 0 Å². The smallest absolute Gasteiger partial charge is 0.239 e. The number of rotatable bonds is 3. The number of hydrogen-bond donors (Lipinski definition) is 0. The summed E-state index contributed by atoms with van der Waals surface area (Å²) in [6.07, 6.45) is 1.59. The van der Waals surface area contributed by atoms with Crippen LogP contribution in [0.5, 0.6) is 0 Å². The highest BCUT2D eigenvalue weighted by Gasteiger charge is 2.64. The number of anilines is 1. The van der Waals surface area contributed by atoms with Crippen molar-refractivity contribution in [1.82, 2.24) is 4.90 Å². The molecule has 3 saturated heterocycles. The second-order valence-corrected chi connectivity index (χ2v) is 7.80. The van der Waals surface area contributed by atoms with E-state index in [9.17, 15) is 23.2 Å². The lowest BCUT2D eigenvalue weighted by molar-refractivity contribution is -0.123. The zero-order valence-electron chi connectivity index (χ0n) is 15.4. The number of halogens is 2. The molecule has 0 radical (unpaired) electrons. The van der Waals surface area contributed by atoms with E-state index in [0.717, 1.165) is 17.7 Å². The number of carbonyl (C=O) groups excluding carboxylic acids is 3. The molecule has 3 aliphatic rings. The number of fused-ring (bicyclic) bond motifs is 3. The molecule has 0 aromatic heterocycles. The summed E-state index contributed by atoms with van der Waals surface area (Å²) in [5.74, 6) is -3.32. The number of benzene rings is 2. The first kappa shape index (κ1) is 18.1. The van der Waals surface area contributed by atoms with E-state index in [4.69, 9.17) is 0 Å². The van der Waals surface area contributed by atoms with Crippen molar-refractivity contribution in [2.24, 2.45) is 11.8 Å². The highest BCUT2D eigenvalue weighted by atomic mass is 19.1. The number of nitrogens with zero attached hydrogens (tertiary/aromatic N) is 2. The highest BCUT2D eigenvalue weighted by molar-refractivity contribution is 6.24. The van der Waals surface area contributed by atoms with Crippen LogP contribution in [-0.2, 0) is 9.59 Å². The quantitative estimate of drug-likeness (QED) is 0.591. The third kappa shape index (κ3) is 2.64. The van der Waals surface area contributed by atoms with Gasteiger partial charge in [0, 0.05) is 11.6 Å². The van der Waals surface area contributed by atoms with Crippen LogP contribution in [0.15, 0.2) is 48.5 Å². The number of ketones is 1. The zero-order chi connectivity index (χ0) is 20.3. The number of hydrogen-bond acceptors (Lipinski definition) is 4. The molecule has 0 N–H and O–H groups in total. The third-order valence-electron chi connectivity index (χ3n) is 6.33. The predicted molar refractivity (Wildman–Crippen MR) is 100 cm³/mol. The summed E-state index contributed by atoms with van der Waals surface area (Å²) >= 11 is 0. The molecule has 3 heterocycles. The van der Waals surface area contributed by atoms with Crippen molar-refractivity contribution in [3.05, 3.63) is 65.7 Å². The Kier molecular flexibility index (Phi) is 4.10. The minimum absolute atomic E-state index is 0.170. The van der Waals surface area contributed by atoms with Crippen molar-refractivity contribution in [2.45, 2.75) is 24.9 Å². The average molecular weight is 396 g/mol. The lowest BCUT2D eigenvalue weighted by Gasteiger charge is -2.27. The average Bonchev–Trinajstić information content (AvgIpc) is 3.35. The topological polar surface area (TPSA) is 57.7 Å². The molecule has 5 nitrogen and oxygen atoms in total. The minimum atomic E-state index is -0.782. The Morgan fingerprint density at radius 3 is 2.10 bits per heavy atom. The molecule has 148 valence electrons. The molecule has 0 saturated carbocycles. The fourth-order valence-corrected chi connectivity index (χ4v) is 5.14. The van der Waals surface area contributed by atoms with Crippen molar-refractivity contribution >= 4 is 23.3 Å². The summed E-state index contributed by atoms with van der Waals surface area (Å²) in [5.41, 5.74) is 0.636. The van der Waals surface area contributed by atoms with Gasteiger partial charge in [0.25, 0.3) is 0 Å². The summed E-state index contributed by atoms with van der Waals surface area (Å²) in [6, 6.07) is 9.53. The molecule has 4 atom stereocenters. The Hall–Kier alpha value is -2.93. The van der Waals surface area contributed by atoms with Crippen molar-refractivity contribution < 1.29 is 23.2 Å². The van der Waals surface area contributed by atoms with Gasteiger partial charge >= 0.3 is 0 Å². The summed E-state index contributed by atoms with van der Waals surface area (Å²) in [4.78, 5) is 42.8. The fraction of sp³-hybridized carbons (Fsp3) is 0.318. The summed E-state index contributed by atoms with van der Waals surface area (Å²) in [6.45, 7) is 0.645. The largest absolute Gasteiger partial charge is 0.292 e. The van der Waals surface area contributed by atoms with Crippen LogP contribution in [0.1, 0.15) is 23.2 Å². The molecule has 3 aliphatic heterocycles. The Morgan fingerprint density at radius 2 is 1.45 bits per heavy atom. The van der Waals surface area contributed by atoms with E-state index in [-0.39, 0.29) is 17.7 Å². The molecule has 7 heteroatoms. The van der Waals surface area contributed by atoms with E-state index in [2.05, 4.69) is 0 Å². The predicted octanol–water partition coefficient (Wildman–Crippen LogP) is 2.80. The lowest BCUT2D eigenvalue weighted by Crippen LogP contribution is -2.46. The molecule has 3 fully saturated rings. The van der Waals surface area contributed by atoms with E-state index in [1.54, 1.807) is 0 Å². The zero-order valence-corrected chi connectivity index (χ0v) is 15.4. The van der Waals surface area contributed by atoms with Gasteiger partial charge in [-0.1, -0.05) is 0 Å². The van der Waals surface area contributed by atoms with Crippen molar-refractivity contribution in [3.63, 3.8) is 0 Å². The number of Topliss-reactive ketones (excluding diaryl/α,β-unsaturated/α-hetero) is 1. The van der Waals surface area contributed by atoms with E-state index in [0.29, 0.717) is 17.8 Å². The van der Waals surface area contributed by atoms with Gasteiger partial charge in [0.1, 0.15) is 11.6 Å². The first-order chi connectivity index (χ1) is 14.0. The SMILES string of the molecule is O=C(c1ccc(F)cc1)[C@H]1[C@H]2C(=O)N(c3ccc(F)cc3)C(=O)[C@@H]2[C@H]2CCCN21. The molecule has 0 spiro atoms. The van der Waals surface area contributed by atoms with E-state index < -0.39 is 35.4 Å². The Labute approximate surface area is 165 Å². The maximum absolute atomic E-state index is 13.3. The highest BCUT2D eigenvalue weighted by Crippen LogP contribution is 2.48. The standard InChI is InChI=1S/C22H18F2N2O3/c23-13-5-3-12(4-6-13)20(27)19-18-17(16-2-1-11-25(16)19)21(28)26(22(18)29)15-9-7-14(24)8-10-15/h3-10,16-19H,1-2,11H2/t16-,17-,18+,19-/m1/s1. The molecule has 29 heavy (non-hydrogen) atoms. The van der Waals surface area contributed by atoms with Crippen LogP contribution in [0.4, 0.5) is 14.5 Å². The molecule has 0 aliphatic carbocycles. The van der Waals surface area contributed by atoms with Crippen LogP contribution in [0.2, 0.25) is 0 Å².